The van der Waals surface area contributed by atoms with E-state index < -0.39 is 0 Å². The molecule has 0 aliphatic heterocycles. The molecule has 0 saturated carbocycles. The molecule has 0 aliphatic carbocycles. The van der Waals surface area contributed by atoms with Crippen LogP contribution in [0.25, 0.3) is 21.7 Å². The van der Waals surface area contributed by atoms with Crippen molar-refractivity contribution in [2.75, 3.05) is 0 Å². The summed E-state index contributed by atoms with van der Waals surface area (Å²) >= 11 is 1.72. The second-order valence-electron chi connectivity index (χ2n) is 6.45. The predicted octanol–water partition coefficient (Wildman–Crippen LogP) is 5.98. The van der Waals surface area contributed by atoms with Gasteiger partial charge in [0.15, 0.2) is 0 Å². The minimum Gasteiger partial charge on any atom is -0.314 e. The lowest BCUT2D eigenvalue weighted by Gasteiger charge is -2.11. The SMILES string of the molecule is CCCCn1c(-c2ccccc2)c(-c2ccccc2)sc1=NN=C(C)C. The van der Waals surface area contributed by atoms with Gasteiger partial charge in [-0.15, -0.1) is 5.10 Å². The Hall–Kier alpha value is -2.46. The van der Waals surface area contributed by atoms with Crippen LogP contribution in [0.15, 0.2) is 70.9 Å². The molecule has 0 unspecified atom stereocenters. The van der Waals surface area contributed by atoms with Gasteiger partial charge in [-0.2, -0.15) is 5.10 Å². The summed E-state index contributed by atoms with van der Waals surface area (Å²) in [6, 6.07) is 21.2. The summed E-state index contributed by atoms with van der Waals surface area (Å²) in [7, 11) is 0. The average Bonchev–Trinajstić information content (AvgIpc) is 3.04. The van der Waals surface area contributed by atoms with E-state index in [9.17, 15) is 0 Å². The van der Waals surface area contributed by atoms with E-state index in [1.54, 1.807) is 11.3 Å². The van der Waals surface area contributed by atoms with E-state index in [2.05, 4.69) is 82.4 Å². The summed E-state index contributed by atoms with van der Waals surface area (Å²) in [5, 5.41) is 8.90. The first kappa shape index (κ1) is 18.3. The largest absolute Gasteiger partial charge is 0.314 e. The molecule has 0 N–H and O–H groups in total. The molecule has 0 amide bonds. The summed E-state index contributed by atoms with van der Waals surface area (Å²) in [5.74, 6) is 0. The maximum Gasteiger partial charge on any atom is 0.211 e. The van der Waals surface area contributed by atoms with E-state index in [0.29, 0.717) is 0 Å². The number of benzene rings is 2. The maximum atomic E-state index is 4.56. The van der Waals surface area contributed by atoms with Crippen LogP contribution in [0.4, 0.5) is 0 Å². The van der Waals surface area contributed by atoms with Crippen LogP contribution in [0.1, 0.15) is 33.6 Å². The molecule has 0 radical (unpaired) electrons. The minimum absolute atomic E-state index is 0.946. The number of hydrogen-bond acceptors (Lipinski definition) is 3. The van der Waals surface area contributed by atoms with Crippen molar-refractivity contribution in [3.63, 3.8) is 0 Å². The van der Waals surface area contributed by atoms with Crippen molar-refractivity contribution >= 4 is 17.0 Å². The van der Waals surface area contributed by atoms with Crippen LogP contribution >= 0.6 is 11.3 Å². The van der Waals surface area contributed by atoms with Crippen molar-refractivity contribution in [2.45, 2.75) is 40.2 Å². The molecule has 2 aromatic carbocycles. The van der Waals surface area contributed by atoms with Crippen LogP contribution in [-0.4, -0.2) is 10.3 Å². The molecule has 0 saturated heterocycles. The Bertz CT molecular complexity index is 931. The number of rotatable bonds is 6. The van der Waals surface area contributed by atoms with Crippen LogP contribution in [0.2, 0.25) is 0 Å². The van der Waals surface area contributed by atoms with Gasteiger partial charge in [0.1, 0.15) is 0 Å². The highest BCUT2D eigenvalue weighted by Gasteiger charge is 2.16. The molecule has 1 aromatic heterocycles. The highest BCUT2D eigenvalue weighted by molar-refractivity contribution is 7.13. The maximum absolute atomic E-state index is 4.56. The molecule has 26 heavy (non-hydrogen) atoms. The Morgan fingerprint density at radius 1 is 0.923 bits per heavy atom. The first-order valence-electron chi connectivity index (χ1n) is 9.10. The van der Waals surface area contributed by atoms with Gasteiger partial charge in [-0.1, -0.05) is 85.3 Å². The zero-order valence-electron chi connectivity index (χ0n) is 15.6. The Morgan fingerprint density at radius 2 is 1.54 bits per heavy atom. The highest BCUT2D eigenvalue weighted by Crippen LogP contribution is 2.34. The topological polar surface area (TPSA) is 29.6 Å². The van der Waals surface area contributed by atoms with E-state index in [4.69, 9.17) is 0 Å². The number of hydrogen-bond donors (Lipinski definition) is 0. The summed E-state index contributed by atoms with van der Waals surface area (Å²) in [5.41, 5.74) is 4.64. The van der Waals surface area contributed by atoms with Crippen molar-refractivity contribution in [1.82, 2.24) is 4.57 Å². The minimum atomic E-state index is 0.946. The first-order valence-corrected chi connectivity index (χ1v) is 9.91. The fourth-order valence-electron chi connectivity index (χ4n) is 2.82. The van der Waals surface area contributed by atoms with Gasteiger partial charge >= 0.3 is 0 Å². The lowest BCUT2D eigenvalue weighted by atomic mass is 10.1. The van der Waals surface area contributed by atoms with E-state index >= 15 is 0 Å². The number of thiazole rings is 1. The second-order valence-corrected chi connectivity index (χ2v) is 7.42. The van der Waals surface area contributed by atoms with Crippen LogP contribution < -0.4 is 4.80 Å². The monoisotopic (exact) mass is 363 g/mol. The Morgan fingerprint density at radius 3 is 2.12 bits per heavy atom. The Balaban J connectivity index is 2.29. The summed E-state index contributed by atoms with van der Waals surface area (Å²) in [4.78, 5) is 2.20. The van der Waals surface area contributed by atoms with Crippen LogP contribution in [0, 0.1) is 0 Å². The van der Waals surface area contributed by atoms with Gasteiger partial charge in [-0.25, -0.2) is 0 Å². The van der Waals surface area contributed by atoms with Gasteiger partial charge in [0.25, 0.3) is 0 Å². The van der Waals surface area contributed by atoms with Crippen LogP contribution in [0.3, 0.4) is 0 Å². The quantitative estimate of drug-likeness (QED) is 0.381. The van der Waals surface area contributed by atoms with Gasteiger partial charge in [-0.3, -0.25) is 0 Å². The predicted molar refractivity (Wildman–Crippen MR) is 112 cm³/mol. The molecule has 0 bridgehead atoms. The smallest absolute Gasteiger partial charge is 0.211 e. The number of aromatic nitrogens is 1. The lowest BCUT2D eigenvalue weighted by Crippen LogP contribution is -2.16. The molecule has 3 aromatic rings. The van der Waals surface area contributed by atoms with Gasteiger partial charge in [0, 0.05) is 12.3 Å². The fraction of sp³-hybridized carbons (Fsp3) is 0.273. The molecule has 0 atom stereocenters. The molecule has 0 spiro atoms. The molecular weight excluding hydrogens is 338 g/mol. The zero-order valence-corrected chi connectivity index (χ0v) is 16.5. The molecule has 134 valence electrons. The Kier molecular flexibility index (Phi) is 6.18. The van der Waals surface area contributed by atoms with Crippen LogP contribution in [0.5, 0.6) is 0 Å². The zero-order chi connectivity index (χ0) is 18.4. The first-order chi connectivity index (χ1) is 12.7. The van der Waals surface area contributed by atoms with E-state index in [1.165, 1.54) is 21.7 Å². The highest BCUT2D eigenvalue weighted by atomic mass is 32.1. The van der Waals surface area contributed by atoms with E-state index in [1.807, 2.05) is 13.8 Å². The summed E-state index contributed by atoms with van der Waals surface area (Å²) in [6.07, 6.45) is 2.26. The summed E-state index contributed by atoms with van der Waals surface area (Å²) in [6.45, 7) is 7.12. The molecular formula is C22H25N3S. The van der Waals surface area contributed by atoms with Crippen LogP contribution in [-0.2, 0) is 6.54 Å². The van der Waals surface area contributed by atoms with Crippen molar-refractivity contribution in [1.29, 1.82) is 0 Å². The third-order valence-corrected chi connectivity index (χ3v) is 5.18. The van der Waals surface area contributed by atoms with E-state index in [0.717, 1.165) is 29.9 Å². The number of unbranched alkanes of at least 4 members (excludes halogenated alkanes) is 1. The van der Waals surface area contributed by atoms with Gasteiger partial charge < -0.3 is 4.57 Å². The molecule has 1 heterocycles. The molecule has 4 heteroatoms. The third-order valence-electron chi connectivity index (χ3n) is 4.06. The van der Waals surface area contributed by atoms with Crippen molar-refractivity contribution < 1.29 is 0 Å². The fourth-order valence-corrected chi connectivity index (χ4v) is 3.96. The van der Waals surface area contributed by atoms with Crippen molar-refractivity contribution in [3.8, 4) is 21.7 Å². The van der Waals surface area contributed by atoms with Gasteiger partial charge in [-0.05, 0) is 31.4 Å². The molecule has 3 rings (SSSR count). The van der Waals surface area contributed by atoms with Gasteiger partial charge in [0.05, 0.1) is 10.6 Å². The Labute approximate surface area is 159 Å². The average molecular weight is 364 g/mol. The van der Waals surface area contributed by atoms with E-state index in [-0.39, 0.29) is 0 Å². The third kappa shape index (κ3) is 4.20. The second kappa shape index (κ2) is 8.77. The van der Waals surface area contributed by atoms with Crippen molar-refractivity contribution in [2.24, 2.45) is 10.2 Å². The molecule has 3 nitrogen and oxygen atoms in total. The number of nitrogens with zero attached hydrogens (tertiary/aromatic N) is 3. The lowest BCUT2D eigenvalue weighted by molar-refractivity contribution is 0.621. The summed E-state index contributed by atoms with van der Waals surface area (Å²) < 4.78 is 2.33. The molecule has 0 aliphatic rings. The normalized spacial score (nSPS) is 11.6. The van der Waals surface area contributed by atoms with Crippen molar-refractivity contribution in [3.05, 3.63) is 65.5 Å². The standard InChI is InChI=1S/C22H25N3S/c1-4-5-16-25-20(18-12-8-6-9-13-18)21(19-14-10-7-11-15-19)26-22(25)24-23-17(2)3/h6-15H,4-5,16H2,1-3H3. The molecule has 0 fully saturated rings. The van der Waals surface area contributed by atoms with Gasteiger partial charge in [0.2, 0.25) is 4.80 Å².